The molecule has 2 nitrogen and oxygen atoms in total. The van der Waals surface area contributed by atoms with Gasteiger partial charge in [-0.15, -0.1) is 0 Å². The SMILES string of the molecule is O=C(O)Cc1ccc(C2C=CC=CC2)cc1. The number of allylic oxidation sites excluding steroid dienone is 4. The predicted octanol–water partition coefficient (Wildman–Crippen LogP) is 2.91. The minimum Gasteiger partial charge on any atom is -0.481 e. The third-order valence-electron chi connectivity index (χ3n) is 2.74. The van der Waals surface area contributed by atoms with Gasteiger partial charge in [-0.25, -0.2) is 0 Å². The lowest BCUT2D eigenvalue weighted by Gasteiger charge is -2.13. The van der Waals surface area contributed by atoms with Crippen molar-refractivity contribution in [2.24, 2.45) is 0 Å². The summed E-state index contributed by atoms with van der Waals surface area (Å²) in [6.07, 6.45) is 9.55. The van der Waals surface area contributed by atoms with Crippen LogP contribution in [0.1, 0.15) is 23.5 Å². The lowest BCUT2D eigenvalue weighted by atomic mass is 9.92. The summed E-state index contributed by atoms with van der Waals surface area (Å²) in [5.74, 6) is -0.350. The van der Waals surface area contributed by atoms with Gasteiger partial charge in [0.25, 0.3) is 0 Å². The van der Waals surface area contributed by atoms with Crippen LogP contribution in [0.3, 0.4) is 0 Å². The molecule has 0 spiro atoms. The van der Waals surface area contributed by atoms with Crippen LogP contribution in [0.25, 0.3) is 0 Å². The number of hydrogen-bond donors (Lipinski definition) is 1. The highest BCUT2D eigenvalue weighted by Gasteiger charge is 2.08. The standard InChI is InChI=1S/C14H14O2/c15-14(16)10-11-6-8-13(9-7-11)12-4-2-1-3-5-12/h1-4,6-9,12H,5,10H2,(H,15,16). The first-order valence-electron chi connectivity index (χ1n) is 5.39. The van der Waals surface area contributed by atoms with E-state index < -0.39 is 5.97 Å². The van der Waals surface area contributed by atoms with Gasteiger partial charge in [-0.05, 0) is 17.5 Å². The molecule has 1 atom stereocenters. The van der Waals surface area contributed by atoms with Crippen molar-refractivity contribution >= 4 is 5.97 Å². The van der Waals surface area contributed by atoms with E-state index in [4.69, 9.17) is 5.11 Å². The maximum atomic E-state index is 10.5. The van der Waals surface area contributed by atoms with Gasteiger partial charge in [0.2, 0.25) is 0 Å². The Morgan fingerprint density at radius 1 is 1.25 bits per heavy atom. The maximum Gasteiger partial charge on any atom is 0.307 e. The molecule has 0 saturated heterocycles. The van der Waals surface area contributed by atoms with E-state index in [-0.39, 0.29) is 6.42 Å². The van der Waals surface area contributed by atoms with Crippen LogP contribution in [-0.4, -0.2) is 11.1 Å². The molecule has 1 N–H and O–H groups in total. The van der Waals surface area contributed by atoms with Crippen molar-refractivity contribution in [2.75, 3.05) is 0 Å². The van der Waals surface area contributed by atoms with Crippen molar-refractivity contribution < 1.29 is 9.90 Å². The van der Waals surface area contributed by atoms with Gasteiger partial charge in [0.05, 0.1) is 6.42 Å². The molecule has 2 rings (SSSR count). The molecule has 1 aromatic rings. The van der Waals surface area contributed by atoms with Gasteiger partial charge < -0.3 is 5.11 Å². The lowest BCUT2D eigenvalue weighted by molar-refractivity contribution is -0.136. The summed E-state index contributed by atoms with van der Waals surface area (Å²) in [5, 5.41) is 8.66. The van der Waals surface area contributed by atoms with Gasteiger partial charge in [0, 0.05) is 5.92 Å². The van der Waals surface area contributed by atoms with Crippen LogP contribution < -0.4 is 0 Å². The Bertz CT molecular complexity index is 427. The Labute approximate surface area is 94.9 Å². The summed E-state index contributed by atoms with van der Waals surface area (Å²) >= 11 is 0. The topological polar surface area (TPSA) is 37.3 Å². The third-order valence-corrected chi connectivity index (χ3v) is 2.74. The zero-order chi connectivity index (χ0) is 11.4. The average molecular weight is 214 g/mol. The molecule has 1 aliphatic rings. The van der Waals surface area contributed by atoms with Crippen LogP contribution in [0.15, 0.2) is 48.6 Å². The van der Waals surface area contributed by atoms with E-state index in [2.05, 4.69) is 24.3 Å². The molecule has 0 fully saturated rings. The summed E-state index contributed by atoms with van der Waals surface area (Å²) in [6.45, 7) is 0. The highest BCUT2D eigenvalue weighted by atomic mass is 16.4. The van der Waals surface area contributed by atoms with Crippen LogP contribution >= 0.6 is 0 Å². The van der Waals surface area contributed by atoms with Crippen molar-refractivity contribution in [1.82, 2.24) is 0 Å². The average Bonchev–Trinajstić information content (AvgIpc) is 2.30. The second-order valence-corrected chi connectivity index (χ2v) is 3.97. The second-order valence-electron chi connectivity index (χ2n) is 3.97. The third kappa shape index (κ3) is 2.60. The first kappa shape index (κ1) is 10.7. The molecule has 1 aliphatic carbocycles. The van der Waals surface area contributed by atoms with Crippen molar-refractivity contribution in [3.8, 4) is 0 Å². The van der Waals surface area contributed by atoms with Crippen LogP contribution in [0.2, 0.25) is 0 Å². The number of carboxylic acids is 1. The number of aliphatic carboxylic acids is 1. The number of hydrogen-bond acceptors (Lipinski definition) is 1. The highest BCUT2D eigenvalue weighted by Crippen LogP contribution is 2.24. The van der Waals surface area contributed by atoms with Gasteiger partial charge in [-0.1, -0.05) is 48.6 Å². The molecular formula is C14H14O2. The molecule has 82 valence electrons. The molecule has 0 heterocycles. The van der Waals surface area contributed by atoms with Crippen molar-refractivity contribution in [3.63, 3.8) is 0 Å². The van der Waals surface area contributed by atoms with Crippen LogP contribution in [0.4, 0.5) is 0 Å². The summed E-state index contributed by atoms with van der Waals surface area (Å²) in [6, 6.07) is 7.84. The minimum atomic E-state index is -0.784. The summed E-state index contributed by atoms with van der Waals surface area (Å²) in [7, 11) is 0. The molecule has 16 heavy (non-hydrogen) atoms. The lowest BCUT2D eigenvalue weighted by Crippen LogP contribution is -2.01. The largest absolute Gasteiger partial charge is 0.481 e. The molecule has 1 aromatic carbocycles. The zero-order valence-corrected chi connectivity index (χ0v) is 8.97. The van der Waals surface area contributed by atoms with E-state index in [1.165, 1.54) is 5.56 Å². The zero-order valence-electron chi connectivity index (χ0n) is 8.97. The van der Waals surface area contributed by atoms with E-state index in [9.17, 15) is 4.79 Å². The Kier molecular flexibility index (Phi) is 3.20. The van der Waals surface area contributed by atoms with Crippen molar-refractivity contribution in [3.05, 3.63) is 59.7 Å². The number of benzene rings is 1. The fraction of sp³-hybridized carbons (Fsp3) is 0.214. The monoisotopic (exact) mass is 214 g/mol. The minimum absolute atomic E-state index is 0.0979. The van der Waals surface area contributed by atoms with Gasteiger partial charge in [-0.2, -0.15) is 0 Å². The maximum absolute atomic E-state index is 10.5. The Balaban J connectivity index is 2.10. The molecule has 0 aromatic heterocycles. The first-order valence-corrected chi connectivity index (χ1v) is 5.39. The second kappa shape index (κ2) is 4.79. The van der Waals surface area contributed by atoms with E-state index in [0.29, 0.717) is 5.92 Å². The summed E-state index contributed by atoms with van der Waals surface area (Å²) < 4.78 is 0. The van der Waals surface area contributed by atoms with Crippen LogP contribution in [0, 0.1) is 0 Å². The smallest absolute Gasteiger partial charge is 0.307 e. The normalized spacial score (nSPS) is 18.6. The van der Waals surface area contributed by atoms with Gasteiger partial charge >= 0.3 is 5.97 Å². The van der Waals surface area contributed by atoms with Gasteiger partial charge in [-0.3, -0.25) is 4.79 Å². The molecular weight excluding hydrogens is 200 g/mol. The molecule has 1 unspecified atom stereocenters. The molecule has 0 amide bonds. The fourth-order valence-corrected chi connectivity index (χ4v) is 1.89. The fourth-order valence-electron chi connectivity index (χ4n) is 1.89. The van der Waals surface area contributed by atoms with Crippen LogP contribution in [-0.2, 0) is 11.2 Å². The van der Waals surface area contributed by atoms with E-state index in [0.717, 1.165) is 12.0 Å². The number of carbonyl (C=O) groups is 1. The quantitative estimate of drug-likeness (QED) is 0.840. The van der Waals surface area contributed by atoms with E-state index in [1.807, 2.05) is 24.3 Å². The van der Waals surface area contributed by atoms with Gasteiger partial charge in [0.1, 0.15) is 0 Å². The predicted molar refractivity (Wildman–Crippen MR) is 63.4 cm³/mol. The van der Waals surface area contributed by atoms with E-state index in [1.54, 1.807) is 0 Å². The first-order chi connectivity index (χ1) is 7.75. The molecule has 0 saturated carbocycles. The molecule has 0 aliphatic heterocycles. The van der Waals surface area contributed by atoms with Gasteiger partial charge in [0.15, 0.2) is 0 Å². The van der Waals surface area contributed by atoms with Crippen molar-refractivity contribution in [1.29, 1.82) is 0 Å². The summed E-state index contributed by atoms with van der Waals surface area (Å²) in [5.41, 5.74) is 2.10. The Morgan fingerprint density at radius 3 is 2.56 bits per heavy atom. The van der Waals surface area contributed by atoms with Crippen molar-refractivity contribution in [2.45, 2.75) is 18.8 Å². The summed E-state index contributed by atoms with van der Waals surface area (Å²) in [4.78, 5) is 10.5. The number of carboxylic acid groups (broad SMARTS) is 1. The van der Waals surface area contributed by atoms with E-state index >= 15 is 0 Å². The highest BCUT2D eigenvalue weighted by molar-refractivity contribution is 5.70. The molecule has 0 radical (unpaired) electrons. The Hall–Kier alpha value is -1.83. The Morgan fingerprint density at radius 2 is 2.00 bits per heavy atom. The number of rotatable bonds is 3. The van der Waals surface area contributed by atoms with Crippen LogP contribution in [0.5, 0.6) is 0 Å². The molecule has 0 bridgehead atoms. The molecule has 2 heteroatoms.